The summed E-state index contributed by atoms with van der Waals surface area (Å²) in [6.45, 7) is 0. The lowest BCUT2D eigenvalue weighted by molar-refractivity contribution is 0.198. The minimum atomic E-state index is -2.66. The van der Waals surface area contributed by atoms with Crippen LogP contribution < -0.4 is 5.73 Å². The zero-order chi connectivity index (χ0) is 9.84. The van der Waals surface area contributed by atoms with E-state index in [4.69, 9.17) is 10.6 Å². The van der Waals surface area contributed by atoms with Gasteiger partial charge in [-0.05, 0) is 12.1 Å². The van der Waals surface area contributed by atoms with E-state index < -0.39 is 14.5 Å². The Morgan fingerprint density at radius 1 is 1.46 bits per heavy atom. The Bertz CT molecular complexity index is 303. The summed E-state index contributed by atoms with van der Waals surface area (Å²) in [6, 6.07) is 6.99. The van der Waals surface area contributed by atoms with Crippen LogP contribution in [-0.2, 0) is 9.09 Å². The largest absolute Gasteiger partial charge is 0.696 e. The second-order valence-electron chi connectivity index (χ2n) is 2.32. The third-order valence-corrected chi connectivity index (χ3v) is 2.34. The van der Waals surface area contributed by atoms with Crippen LogP contribution >= 0.6 is 24.2 Å². The fourth-order valence-corrected chi connectivity index (χ4v) is 1.39. The molecule has 70 valence electrons. The molecule has 3 N–H and O–H groups in total. The highest BCUT2D eigenvalue weighted by molar-refractivity contribution is 9.10. The standard InChI is InChI=1S/C7H7BrNO3P/c8-6-3-1-5(2-4-6)7(9)12-13(10)11/h1-4,7H,9H2/p+1. The molecule has 0 amide bonds. The molecule has 1 aromatic rings. The van der Waals surface area contributed by atoms with Gasteiger partial charge in [0.05, 0.1) is 0 Å². The Labute approximate surface area is 84.8 Å². The van der Waals surface area contributed by atoms with E-state index in [1.165, 1.54) is 0 Å². The van der Waals surface area contributed by atoms with Gasteiger partial charge in [-0.2, -0.15) is 0 Å². The average molecular weight is 265 g/mol. The maximum absolute atomic E-state index is 10.3. The third kappa shape index (κ3) is 3.50. The minimum absolute atomic E-state index is 0.653. The molecule has 2 unspecified atom stereocenters. The van der Waals surface area contributed by atoms with Gasteiger partial charge in [-0.25, -0.2) is 0 Å². The van der Waals surface area contributed by atoms with Gasteiger partial charge in [-0.3, -0.25) is 5.73 Å². The smallest absolute Gasteiger partial charge is 0.298 e. The van der Waals surface area contributed by atoms with Crippen LogP contribution in [0.25, 0.3) is 0 Å². The zero-order valence-corrected chi connectivity index (χ0v) is 9.03. The summed E-state index contributed by atoms with van der Waals surface area (Å²) < 4.78 is 15.7. The van der Waals surface area contributed by atoms with Gasteiger partial charge in [0.2, 0.25) is 0 Å². The Balaban J connectivity index is 2.71. The summed E-state index contributed by atoms with van der Waals surface area (Å²) in [5.74, 6) is 0. The predicted molar refractivity (Wildman–Crippen MR) is 52.0 cm³/mol. The number of hydrogen-bond acceptors (Lipinski definition) is 3. The molecular formula is C7H8BrNO3P+. The van der Waals surface area contributed by atoms with Crippen molar-refractivity contribution in [2.75, 3.05) is 0 Å². The second kappa shape index (κ2) is 4.79. The normalized spacial score (nSPS) is 13.9. The molecule has 13 heavy (non-hydrogen) atoms. The maximum Gasteiger partial charge on any atom is 0.696 e. The van der Waals surface area contributed by atoms with Crippen LogP contribution in [0.2, 0.25) is 0 Å². The molecule has 0 aromatic heterocycles. The first-order valence-corrected chi connectivity index (χ1v) is 5.36. The van der Waals surface area contributed by atoms with Gasteiger partial charge >= 0.3 is 8.25 Å². The number of hydrogen-bond donors (Lipinski definition) is 2. The predicted octanol–water partition coefficient (Wildman–Crippen LogP) is 2.07. The topological polar surface area (TPSA) is 72.5 Å². The van der Waals surface area contributed by atoms with E-state index in [9.17, 15) is 4.57 Å². The fraction of sp³-hybridized carbons (Fsp3) is 0.143. The van der Waals surface area contributed by atoms with E-state index in [2.05, 4.69) is 20.5 Å². The molecule has 1 rings (SSSR count). The molecule has 0 aliphatic heterocycles. The molecule has 0 aliphatic rings. The Morgan fingerprint density at radius 3 is 2.46 bits per heavy atom. The third-order valence-electron chi connectivity index (χ3n) is 1.40. The van der Waals surface area contributed by atoms with Crippen LogP contribution in [0.3, 0.4) is 0 Å². The van der Waals surface area contributed by atoms with Gasteiger partial charge in [-0.15, -0.1) is 4.89 Å². The van der Waals surface area contributed by atoms with Gasteiger partial charge in [0, 0.05) is 14.6 Å². The van der Waals surface area contributed by atoms with Crippen molar-refractivity contribution >= 4 is 24.2 Å². The molecule has 0 bridgehead atoms. The monoisotopic (exact) mass is 264 g/mol. The van der Waals surface area contributed by atoms with Gasteiger partial charge in [0.1, 0.15) is 0 Å². The number of rotatable bonds is 3. The first-order valence-electron chi connectivity index (χ1n) is 3.43. The lowest BCUT2D eigenvalue weighted by Crippen LogP contribution is -2.10. The van der Waals surface area contributed by atoms with Crippen LogP contribution in [0.5, 0.6) is 0 Å². The van der Waals surface area contributed by atoms with E-state index in [-0.39, 0.29) is 0 Å². The molecule has 0 fully saturated rings. The fourth-order valence-electron chi connectivity index (χ4n) is 0.810. The van der Waals surface area contributed by atoms with Crippen molar-refractivity contribution in [3.63, 3.8) is 0 Å². The molecule has 2 atom stereocenters. The van der Waals surface area contributed by atoms with Gasteiger partial charge in [-0.1, -0.05) is 32.6 Å². The van der Waals surface area contributed by atoms with Crippen molar-refractivity contribution in [1.29, 1.82) is 0 Å². The van der Waals surface area contributed by atoms with E-state index in [1.807, 2.05) is 0 Å². The lowest BCUT2D eigenvalue weighted by Gasteiger charge is -2.03. The first-order chi connectivity index (χ1) is 6.09. The lowest BCUT2D eigenvalue weighted by atomic mass is 10.2. The van der Waals surface area contributed by atoms with Crippen molar-refractivity contribution in [2.24, 2.45) is 5.73 Å². The highest BCUT2D eigenvalue weighted by atomic mass is 79.9. The molecule has 0 saturated carbocycles. The molecule has 0 spiro atoms. The minimum Gasteiger partial charge on any atom is -0.298 e. The van der Waals surface area contributed by atoms with E-state index in [1.54, 1.807) is 24.3 Å². The molecule has 0 radical (unpaired) electrons. The van der Waals surface area contributed by atoms with Crippen LogP contribution in [-0.4, -0.2) is 4.89 Å². The second-order valence-corrected chi connectivity index (χ2v) is 3.92. The Hall–Kier alpha value is -0.320. The quantitative estimate of drug-likeness (QED) is 0.648. The molecule has 6 heteroatoms. The highest BCUT2D eigenvalue weighted by Gasteiger charge is 2.20. The van der Waals surface area contributed by atoms with E-state index in [0.29, 0.717) is 5.56 Å². The molecular weight excluding hydrogens is 257 g/mol. The van der Waals surface area contributed by atoms with Crippen molar-refractivity contribution in [2.45, 2.75) is 6.23 Å². The van der Waals surface area contributed by atoms with Gasteiger partial charge in [0.25, 0.3) is 0 Å². The molecule has 1 aromatic carbocycles. The number of halogens is 1. The molecule has 0 heterocycles. The maximum atomic E-state index is 10.3. The molecule has 4 nitrogen and oxygen atoms in total. The van der Waals surface area contributed by atoms with Crippen molar-refractivity contribution in [3.05, 3.63) is 34.3 Å². The summed E-state index contributed by atoms with van der Waals surface area (Å²) in [6.07, 6.45) is -0.860. The van der Waals surface area contributed by atoms with Gasteiger partial charge in [0.15, 0.2) is 6.23 Å². The summed E-state index contributed by atoms with van der Waals surface area (Å²) >= 11 is 3.26. The number of benzene rings is 1. The van der Waals surface area contributed by atoms with E-state index in [0.717, 1.165) is 4.47 Å². The van der Waals surface area contributed by atoms with Crippen LogP contribution in [0.1, 0.15) is 11.8 Å². The summed E-state index contributed by atoms with van der Waals surface area (Å²) in [7, 11) is -2.66. The highest BCUT2D eigenvalue weighted by Crippen LogP contribution is 2.25. The summed E-state index contributed by atoms with van der Waals surface area (Å²) in [5, 5.41) is 0. The summed E-state index contributed by atoms with van der Waals surface area (Å²) in [4.78, 5) is 8.44. The zero-order valence-electron chi connectivity index (χ0n) is 6.55. The van der Waals surface area contributed by atoms with Crippen LogP contribution in [0.4, 0.5) is 0 Å². The number of nitrogens with two attached hydrogens (primary N) is 1. The first kappa shape index (κ1) is 10.8. The Kier molecular flexibility index (Phi) is 3.96. The van der Waals surface area contributed by atoms with Crippen molar-refractivity contribution in [3.8, 4) is 0 Å². The van der Waals surface area contributed by atoms with Crippen LogP contribution in [0.15, 0.2) is 28.7 Å². The van der Waals surface area contributed by atoms with Crippen molar-refractivity contribution in [1.82, 2.24) is 0 Å². The van der Waals surface area contributed by atoms with Gasteiger partial charge < -0.3 is 0 Å². The van der Waals surface area contributed by atoms with Crippen LogP contribution in [0, 0.1) is 0 Å². The average Bonchev–Trinajstić information content (AvgIpc) is 2.04. The molecule has 0 aliphatic carbocycles. The molecule has 0 saturated heterocycles. The van der Waals surface area contributed by atoms with Crippen molar-refractivity contribution < 1.29 is 14.0 Å². The SMILES string of the molecule is NC(O[P+](=O)O)c1ccc(Br)cc1. The summed E-state index contributed by atoms with van der Waals surface area (Å²) in [5.41, 5.74) is 6.12. The Morgan fingerprint density at radius 2 is 2.00 bits per heavy atom. The van der Waals surface area contributed by atoms with E-state index >= 15 is 0 Å².